The SMILES string of the molecule is CS(=O)(=O)CCN1CCN(C(=O)c2cccc(-n3nccc3-c3ccccc3)c2)CC1. The highest BCUT2D eigenvalue weighted by atomic mass is 32.2. The average Bonchev–Trinajstić information content (AvgIpc) is 3.28. The van der Waals surface area contributed by atoms with E-state index >= 15 is 0 Å². The van der Waals surface area contributed by atoms with E-state index < -0.39 is 9.84 Å². The summed E-state index contributed by atoms with van der Waals surface area (Å²) in [5, 5.41) is 4.46. The molecule has 162 valence electrons. The smallest absolute Gasteiger partial charge is 0.254 e. The van der Waals surface area contributed by atoms with Crippen molar-refractivity contribution in [1.29, 1.82) is 0 Å². The Balaban J connectivity index is 1.46. The molecule has 0 aliphatic carbocycles. The van der Waals surface area contributed by atoms with Gasteiger partial charge in [-0.15, -0.1) is 0 Å². The Morgan fingerprint density at radius 3 is 2.42 bits per heavy atom. The molecule has 0 saturated carbocycles. The van der Waals surface area contributed by atoms with Crippen LogP contribution in [0.2, 0.25) is 0 Å². The summed E-state index contributed by atoms with van der Waals surface area (Å²) in [6.45, 7) is 3.04. The molecule has 4 rings (SSSR count). The van der Waals surface area contributed by atoms with Gasteiger partial charge in [0.2, 0.25) is 0 Å². The average molecular weight is 439 g/mol. The minimum absolute atomic E-state index is 0.0157. The highest BCUT2D eigenvalue weighted by Crippen LogP contribution is 2.23. The molecule has 0 bridgehead atoms. The first-order chi connectivity index (χ1) is 14.9. The molecular weight excluding hydrogens is 412 g/mol. The predicted molar refractivity (Wildman–Crippen MR) is 121 cm³/mol. The normalized spacial score (nSPS) is 15.2. The van der Waals surface area contributed by atoms with Crippen LogP contribution in [-0.2, 0) is 9.84 Å². The molecule has 3 aromatic rings. The van der Waals surface area contributed by atoms with Gasteiger partial charge in [-0.05, 0) is 24.3 Å². The fraction of sp³-hybridized carbons (Fsp3) is 0.304. The van der Waals surface area contributed by atoms with Gasteiger partial charge in [0.1, 0.15) is 9.84 Å². The standard InChI is InChI=1S/C23H26N4O3S/c1-31(29,30)17-16-25-12-14-26(15-13-25)23(28)20-8-5-9-21(18-20)27-22(10-11-24-27)19-6-3-2-4-7-19/h2-11,18H,12-17H2,1H3. The zero-order chi connectivity index (χ0) is 21.8. The molecule has 1 aliphatic rings. The molecule has 0 atom stereocenters. The number of carbonyl (C=O) groups excluding carboxylic acids is 1. The third kappa shape index (κ3) is 5.21. The molecule has 1 aromatic heterocycles. The zero-order valence-corrected chi connectivity index (χ0v) is 18.3. The Morgan fingerprint density at radius 2 is 1.71 bits per heavy atom. The van der Waals surface area contributed by atoms with Gasteiger partial charge >= 0.3 is 0 Å². The van der Waals surface area contributed by atoms with Gasteiger partial charge in [-0.1, -0.05) is 36.4 Å². The van der Waals surface area contributed by atoms with Gasteiger partial charge in [-0.2, -0.15) is 5.10 Å². The topological polar surface area (TPSA) is 75.5 Å². The van der Waals surface area contributed by atoms with E-state index in [1.54, 1.807) is 6.20 Å². The third-order valence-electron chi connectivity index (χ3n) is 5.49. The van der Waals surface area contributed by atoms with E-state index in [4.69, 9.17) is 0 Å². The summed E-state index contributed by atoms with van der Waals surface area (Å²) < 4.78 is 24.6. The van der Waals surface area contributed by atoms with Crippen LogP contribution in [0.1, 0.15) is 10.4 Å². The largest absolute Gasteiger partial charge is 0.336 e. The summed E-state index contributed by atoms with van der Waals surface area (Å²) in [6, 6.07) is 19.5. The molecule has 31 heavy (non-hydrogen) atoms. The summed E-state index contributed by atoms with van der Waals surface area (Å²) in [4.78, 5) is 17.0. The monoisotopic (exact) mass is 438 g/mol. The van der Waals surface area contributed by atoms with Crippen LogP contribution in [0.5, 0.6) is 0 Å². The Kier molecular flexibility index (Phi) is 6.20. The van der Waals surface area contributed by atoms with Crippen LogP contribution < -0.4 is 0 Å². The van der Waals surface area contributed by atoms with E-state index in [2.05, 4.69) is 10.00 Å². The molecular formula is C23H26N4O3S. The number of amides is 1. The molecule has 1 saturated heterocycles. The van der Waals surface area contributed by atoms with Crippen LogP contribution in [0.3, 0.4) is 0 Å². The maximum absolute atomic E-state index is 13.1. The number of carbonyl (C=O) groups is 1. The number of hydrogen-bond acceptors (Lipinski definition) is 5. The second kappa shape index (κ2) is 9.03. The quantitative estimate of drug-likeness (QED) is 0.591. The summed E-state index contributed by atoms with van der Waals surface area (Å²) >= 11 is 0. The summed E-state index contributed by atoms with van der Waals surface area (Å²) in [7, 11) is -2.98. The van der Waals surface area contributed by atoms with Gasteiger partial charge in [-0.25, -0.2) is 13.1 Å². The first-order valence-corrected chi connectivity index (χ1v) is 12.4. The van der Waals surface area contributed by atoms with Gasteiger partial charge < -0.3 is 4.90 Å². The number of piperazine rings is 1. The number of hydrogen-bond donors (Lipinski definition) is 0. The van der Waals surface area contributed by atoms with Crippen molar-refractivity contribution in [3.05, 3.63) is 72.4 Å². The Bertz CT molecular complexity index is 1150. The van der Waals surface area contributed by atoms with Gasteiger partial charge in [0.05, 0.1) is 23.3 Å². The van der Waals surface area contributed by atoms with Crippen LogP contribution in [0, 0.1) is 0 Å². The number of rotatable bonds is 6. The molecule has 0 spiro atoms. The first kappa shape index (κ1) is 21.3. The fourth-order valence-corrected chi connectivity index (χ4v) is 4.35. The number of sulfone groups is 1. The van der Waals surface area contributed by atoms with Crippen molar-refractivity contribution in [1.82, 2.24) is 19.6 Å². The lowest BCUT2D eigenvalue weighted by Gasteiger charge is -2.34. The Morgan fingerprint density at radius 1 is 0.968 bits per heavy atom. The second-order valence-corrected chi connectivity index (χ2v) is 10.1. The minimum Gasteiger partial charge on any atom is -0.336 e. The lowest BCUT2D eigenvalue weighted by atomic mass is 10.1. The summed E-state index contributed by atoms with van der Waals surface area (Å²) in [5.41, 5.74) is 3.48. The molecule has 0 N–H and O–H groups in total. The lowest BCUT2D eigenvalue weighted by Crippen LogP contribution is -2.49. The highest BCUT2D eigenvalue weighted by molar-refractivity contribution is 7.90. The molecule has 1 aliphatic heterocycles. The zero-order valence-electron chi connectivity index (χ0n) is 17.5. The molecule has 1 amide bonds. The van der Waals surface area contributed by atoms with Crippen LogP contribution in [0.4, 0.5) is 0 Å². The van der Waals surface area contributed by atoms with Crippen molar-refractivity contribution in [3.63, 3.8) is 0 Å². The Labute approximate surface area is 182 Å². The van der Waals surface area contributed by atoms with Gasteiger partial charge in [-0.3, -0.25) is 9.69 Å². The number of nitrogens with zero attached hydrogens (tertiary/aromatic N) is 4. The van der Waals surface area contributed by atoms with E-state index in [0.29, 0.717) is 38.3 Å². The molecule has 2 heterocycles. The van der Waals surface area contributed by atoms with Crippen molar-refractivity contribution in [2.45, 2.75) is 0 Å². The fourth-order valence-electron chi connectivity index (χ4n) is 3.76. The van der Waals surface area contributed by atoms with Crippen molar-refractivity contribution < 1.29 is 13.2 Å². The van der Waals surface area contributed by atoms with E-state index in [9.17, 15) is 13.2 Å². The van der Waals surface area contributed by atoms with Crippen molar-refractivity contribution in [2.24, 2.45) is 0 Å². The van der Waals surface area contributed by atoms with Crippen molar-refractivity contribution in [2.75, 3.05) is 44.7 Å². The van der Waals surface area contributed by atoms with Crippen molar-refractivity contribution in [3.8, 4) is 16.9 Å². The number of benzene rings is 2. The van der Waals surface area contributed by atoms with Gasteiger partial charge in [0.25, 0.3) is 5.91 Å². The van der Waals surface area contributed by atoms with Crippen LogP contribution >= 0.6 is 0 Å². The summed E-state index contributed by atoms with van der Waals surface area (Å²) in [6.07, 6.45) is 3.01. The molecule has 0 unspecified atom stereocenters. The van der Waals surface area contributed by atoms with Crippen LogP contribution in [0.15, 0.2) is 66.9 Å². The first-order valence-electron chi connectivity index (χ1n) is 10.3. The third-order valence-corrected chi connectivity index (χ3v) is 6.41. The maximum atomic E-state index is 13.1. The molecule has 0 radical (unpaired) electrons. The Hall–Kier alpha value is -2.97. The molecule has 7 nitrogen and oxygen atoms in total. The van der Waals surface area contributed by atoms with E-state index in [1.807, 2.05) is 70.2 Å². The second-order valence-electron chi connectivity index (χ2n) is 7.81. The minimum atomic E-state index is -2.98. The molecule has 8 heteroatoms. The van der Waals surface area contributed by atoms with Crippen LogP contribution in [-0.4, -0.2) is 78.6 Å². The van der Waals surface area contributed by atoms with Gasteiger partial charge in [0, 0.05) is 50.1 Å². The molecule has 1 fully saturated rings. The van der Waals surface area contributed by atoms with Crippen molar-refractivity contribution >= 4 is 15.7 Å². The van der Waals surface area contributed by atoms with E-state index in [-0.39, 0.29) is 11.7 Å². The summed E-state index contributed by atoms with van der Waals surface area (Å²) in [5.74, 6) is 0.134. The molecule has 2 aromatic carbocycles. The maximum Gasteiger partial charge on any atom is 0.254 e. The van der Waals surface area contributed by atoms with E-state index in [0.717, 1.165) is 16.9 Å². The predicted octanol–water partition coefficient (Wildman–Crippen LogP) is 2.34. The lowest BCUT2D eigenvalue weighted by molar-refractivity contribution is 0.0644. The van der Waals surface area contributed by atoms with E-state index in [1.165, 1.54) is 6.26 Å². The van der Waals surface area contributed by atoms with Gasteiger partial charge in [0.15, 0.2) is 0 Å². The van der Waals surface area contributed by atoms with Crippen LogP contribution in [0.25, 0.3) is 16.9 Å². The highest BCUT2D eigenvalue weighted by Gasteiger charge is 2.23. The number of aromatic nitrogens is 2.